The predicted octanol–water partition coefficient (Wildman–Crippen LogP) is 2.84. The third-order valence-electron chi connectivity index (χ3n) is 3.16. The summed E-state index contributed by atoms with van der Waals surface area (Å²) in [5.74, 6) is 0. The zero-order valence-electron chi connectivity index (χ0n) is 11.7. The van der Waals surface area contributed by atoms with Gasteiger partial charge in [-0.2, -0.15) is 0 Å². The maximum absolute atomic E-state index is 8.83. The van der Waals surface area contributed by atoms with Crippen molar-refractivity contribution < 1.29 is 9.84 Å². The van der Waals surface area contributed by atoms with Crippen molar-refractivity contribution in [1.29, 1.82) is 0 Å². The van der Waals surface area contributed by atoms with Gasteiger partial charge in [0, 0.05) is 25.9 Å². The SMILES string of the molecule is COC(C)(C)CCNc1cccc(CCCO)c1. The van der Waals surface area contributed by atoms with Gasteiger partial charge in [0.25, 0.3) is 0 Å². The molecule has 1 rings (SSSR count). The Morgan fingerprint density at radius 1 is 1.33 bits per heavy atom. The van der Waals surface area contributed by atoms with Gasteiger partial charge in [-0.05, 0) is 50.8 Å². The molecule has 0 radical (unpaired) electrons. The van der Waals surface area contributed by atoms with Gasteiger partial charge < -0.3 is 15.2 Å². The average molecular weight is 251 g/mol. The van der Waals surface area contributed by atoms with Crippen molar-refractivity contribution in [2.24, 2.45) is 0 Å². The zero-order valence-corrected chi connectivity index (χ0v) is 11.7. The molecular formula is C15H25NO2. The highest BCUT2D eigenvalue weighted by atomic mass is 16.5. The summed E-state index contributed by atoms with van der Waals surface area (Å²) in [5, 5.41) is 12.2. The van der Waals surface area contributed by atoms with E-state index in [0.29, 0.717) is 0 Å². The van der Waals surface area contributed by atoms with Crippen molar-refractivity contribution in [3.8, 4) is 0 Å². The van der Waals surface area contributed by atoms with Crippen molar-refractivity contribution >= 4 is 5.69 Å². The van der Waals surface area contributed by atoms with Gasteiger partial charge in [-0.1, -0.05) is 12.1 Å². The van der Waals surface area contributed by atoms with Crippen molar-refractivity contribution in [3.63, 3.8) is 0 Å². The number of benzene rings is 1. The van der Waals surface area contributed by atoms with Gasteiger partial charge in [0.05, 0.1) is 5.60 Å². The molecule has 0 atom stereocenters. The summed E-state index contributed by atoms with van der Waals surface area (Å²) in [6.45, 7) is 5.32. The molecule has 0 aliphatic rings. The largest absolute Gasteiger partial charge is 0.396 e. The predicted molar refractivity (Wildman–Crippen MR) is 76.0 cm³/mol. The lowest BCUT2D eigenvalue weighted by Gasteiger charge is -2.23. The first-order chi connectivity index (χ1) is 8.57. The Balaban J connectivity index is 2.42. The third kappa shape index (κ3) is 5.52. The first-order valence-corrected chi connectivity index (χ1v) is 6.56. The van der Waals surface area contributed by atoms with Crippen molar-refractivity contribution in [2.75, 3.05) is 25.6 Å². The minimum Gasteiger partial charge on any atom is -0.396 e. The van der Waals surface area contributed by atoms with Crippen LogP contribution in [-0.2, 0) is 11.2 Å². The van der Waals surface area contributed by atoms with E-state index in [4.69, 9.17) is 9.84 Å². The van der Waals surface area contributed by atoms with Gasteiger partial charge in [-0.3, -0.25) is 0 Å². The number of aliphatic hydroxyl groups excluding tert-OH is 1. The second-order valence-corrected chi connectivity index (χ2v) is 5.17. The van der Waals surface area contributed by atoms with Crippen molar-refractivity contribution in [3.05, 3.63) is 29.8 Å². The molecule has 1 aromatic carbocycles. The van der Waals surface area contributed by atoms with Gasteiger partial charge in [0.2, 0.25) is 0 Å². The molecule has 0 saturated carbocycles. The van der Waals surface area contributed by atoms with Crippen molar-refractivity contribution in [2.45, 2.75) is 38.7 Å². The Morgan fingerprint density at radius 3 is 2.78 bits per heavy atom. The van der Waals surface area contributed by atoms with Gasteiger partial charge in [-0.15, -0.1) is 0 Å². The van der Waals surface area contributed by atoms with Crippen LogP contribution in [0.4, 0.5) is 5.69 Å². The summed E-state index contributed by atoms with van der Waals surface area (Å²) >= 11 is 0. The van der Waals surface area contributed by atoms with E-state index in [0.717, 1.165) is 31.5 Å². The summed E-state index contributed by atoms with van der Waals surface area (Å²) in [4.78, 5) is 0. The first kappa shape index (κ1) is 15.0. The quantitative estimate of drug-likeness (QED) is 0.746. The van der Waals surface area contributed by atoms with Gasteiger partial charge in [0.15, 0.2) is 0 Å². The number of ether oxygens (including phenoxy) is 1. The van der Waals surface area contributed by atoms with E-state index in [1.807, 2.05) is 0 Å². The molecule has 3 nitrogen and oxygen atoms in total. The van der Waals surface area contributed by atoms with E-state index in [2.05, 4.69) is 43.4 Å². The molecule has 18 heavy (non-hydrogen) atoms. The van der Waals surface area contributed by atoms with Crippen molar-refractivity contribution in [1.82, 2.24) is 0 Å². The van der Waals surface area contributed by atoms with Crippen LogP contribution in [0.25, 0.3) is 0 Å². The number of anilines is 1. The maximum Gasteiger partial charge on any atom is 0.0639 e. The molecule has 0 fully saturated rings. The highest BCUT2D eigenvalue weighted by Gasteiger charge is 2.15. The van der Waals surface area contributed by atoms with Crippen LogP contribution in [0.2, 0.25) is 0 Å². The molecule has 102 valence electrons. The summed E-state index contributed by atoms with van der Waals surface area (Å²) in [7, 11) is 1.75. The van der Waals surface area contributed by atoms with E-state index in [1.165, 1.54) is 5.56 Å². The average Bonchev–Trinajstić information content (AvgIpc) is 2.37. The zero-order chi connectivity index (χ0) is 13.4. The molecule has 0 unspecified atom stereocenters. The Bertz CT molecular complexity index is 350. The van der Waals surface area contributed by atoms with Gasteiger partial charge in [0.1, 0.15) is 0 Å². The standard InChI is InChI=1S/C15H25NO2/c1-15(2,18-3)9-10-16-14-8-4-6-13(12-14)7-5-11-17/h4,6,8,12,16-17H,5,7,9-11H2,1-3H3. The van der Waals surface area contributed by atoms with Gasteiger partial charge >= 0.3 is 0 Å². The second kappa shape index (κ2) is 7.39. The van der Waals surface area contributed by atoms with Crippen LogP contribution in [0, 0.1) is 0 Å². The Labute approximate surface area is 110 Å². The Hall–Kier alpha value is -1.06. The molecule has 2 N–H and O–H groups in total. The lowest BCUT2D eigenvalue weighted by molar-refractivity contribution is 0.0185. The highest BCUT2D eigenvalue weighted by Crippen LogP contribution is 2.15. The summed E-state index contributed by atoms with van der Waals surface area (Å²) < 4.78 is 5.38. The number of nitrogens with one attached hydrogen (secondary N) is 1. The van der Waals surface area contributed by atoms with E-state index >= 15 is 0 Å². The number of hydrogen-bond donors (Lipinski definition) is 2. The third-order valence-corrected chi connectivity index (χ3v) is 3.16. The molecule has 1 aromatic rings. The van der Waals surface area contributed by atoms with Crippen LogP contribution >= 0.6 is 0 Å². The number of hydrogen-bond acceptors (Lipinski definition) is 3. The fourth-order valence-corrected chi connectivity index (χ4v) is 1.73. The molecular weight excluding hydrogens is 226 g/mol. The molecule has 0 spiro atoms. The molecule has 0 heterocycles. The topological polar surface area (TPSA) is 41.5 Å². The van der Waals surface area contributed by atoms with Crippen LogP contribution in [0.15, 0.2) is 24.3 Å². The van der Waals surface area contributed by atoms with E-state index < -0.39 is 0 Å². The molecule has 0 saturated heterocycles. The maximum atomic E-state index is 8.83. The Kier molecular flexibility index (Phi) is 6.16. The summed E-state index contributed by atoms with van der Waals surface area (Å²) in [6.07, 6.45) is 2.71. The lowest BCUT2D eigenvalue weighted by Crippen LogP contribution is -2.25. The minimum atomic E-state index is -0.0818. The number of rotatable bonds is 8. The fourth-order valence-electron chi connectivity index (χ4n) is 1.73. The van der Waals surface area contributed by atoms with E-state index in [9.17, 15) is 0 Å². The molecule has 0 aliphatic heterocycles. The second-order valence-electron chi connectivity index (χ2n) is 5.17. The Morgan fingerprint density at radius 2 is 2.11 bits per heavy atom. The van der Waals surface area contributed by atoms with Gasteiger partial charge in [-0.25, -0.2) is 0 Å². The number of aliphatic hydroxyl groups is 1. The van der Waals surface area contributed by atoms with Crippen LogP contribution in [-0.4, -0.2) is 31.0 Å². The smallest absolute Gasteiger partial charge is 0.0639 e. The molecule has 0 bridgehead atoms. The molecule has 0 aromatic heterocycles. The fraction of sp³-hybridized carbons (Fsp3) is 0.600. The lowest BCUT2D eigenvalue weighted by atomic mass is 10.1. The molecule has 0 amide bonds. The van der Waals surface area contributed by atoms with Crippen LogP contribution < -0.4 is 5.32 Å². The van der Waals surface area contributed by atoms with Crippen LogP contribution in [0.1, 0.15) is 32.3 Å². The summed E-state index contributed by atoms with van der Waals surface area (Å²) in [5.41, 5.74) is 2.32. The van der Waals surface area contributed by atoms with E-state index in [1.54, 1.807) is 7.11 Å². The number of aryl methyl sites for hydroxylation is 1. The minimum absolute atomic E-state index is 0.0818. The number of methoxy groups -OCH3 is 1. The monoisotopic (exact) mass is 251 g/mol. The first-order valence-electron chi connectivity index (χ1n) is 6.56. The highest BCUT2D eigenvalue weighted by molar-refractivity contribution is 5.45. The van der Waals surface area contributed by atoms with E-state index in [-0.39, 0.29) is 12.2 Å². The van der Waals surface area contributed by atoms with Crippen LogP contribution in [0.5, 0.6) is 0 Å². The summed E-state index contributed by atoms with van der Waals surface area (Å²) in [6, 6.07) is 8.37. The van der Waals surface area contributed by atoms with Crippen LogP contribution in [0.3, 0.4) is 0 Å². The molecule has 3 heteroatoms. The molecule has 0 aliphatic carbocycles. The normalized spacial score (nSPS) is 11.6.